The first-order valence-corrected chi connectivity index (χ1v) is 5.60. The molecule has 79 valence electrons. The average Bonchev–Trinajstić information content (AvgIpc) is 2.77. The van der Waals surface area contributed by atoms with Gasteiger partial charge in [0.25, 0.3) is 0 Å². The summed E-state index contributed by atoms with van der Waals surface area (Å²) in [6.45, 7) is 0. The Balaban J connectivity index is 2.38. The summed E-state index contributed by atoms with van der Waals surface area (Å²) >= 11 is 0. The number of nitrogens with zero attached hydrogens (tertiary/aromatic N) is 1. The smallest absolute Gasteiger partial charge is 0.0724 e. The Morgan fingerprint density at radius 1 is 1.00 bits per heavy atom. The minimum Gasteiger partial charge on any atom is -0.361 e. The second-order valence-electron chi connectivity index (χ2n) is 4.13. The van der Waals surface area contributed by atoms with Gasteiger partial charge < -0.3 is 4.98 Å². The Labute approximate surface area is 97.9 Å². The number of pyridine rings is 1. The summed E-state index contributed by atoms with van der Waals surface area (Å²) in [5, 5.41) is 3.50. The molecule has 0 aliphatic carbocycles. The molecule has 0 bridgehead atoms. The van der Waals surface area contributed by atoms with Gasteiger partial charge in [-0.3, -0.25) is 0 Å². The summed E-state index contributed by atoms with van der Waals surface area (Å²) in [6, 6.07) is 17.5. The maximum Gasteiger partial charge on any atom is 0.0724 e. The predicted octanol–water partition coefficient (Wildman–Crippen LogP) is 3.67. The zero-order valence-electron chi connectivity index (χ0n) is 9.07. The molecule has 4 aromatic rings. The van der Waals surface area contributed by atoms with Gasteiger partial charge in [-0.25, -0.2) is 4.98 Å². The van der Waals surface area contributed by atoms with Gasteiger partial charge in [0.15, 0.2) is 0 Å². The Morgan fingerprint density at radius 2 is 2.00 bits per heavy atom. The van der Waals surface area contributed by atoms with Crippen molar-refractivity contribution in [2.75, 3.05) is 0 Å². The minimum absolute atomic E-state index is 1.01. The van der Waals surface area contributed by atoms with Crippen molar-refractivity contribution in [2.24, 2.45) is 0 Å². The normalized spacial score (nSPS) is 11.5. The first-order valence-electron chi connectivity index (χ1n) is 5.60. The van der Waals surface area contributed by atoms with Crippen LogP contribution in [0.3, 0.4) is 0 Å². The first-order chi connectivity index (χ1) is 8.43. The van der Waals surface area contributed by atoms with Crippen molar-refractivity contribution < 1.29 is 0 Å². The van der Waals surface area contributed by atoms with E-state index in [9.17, 15) is 0 Å². The molecule has 17 heavy (non-hydrogen) atoms. The van der Waals surface area contributed by atoms with E-state index in [1.54, 1.807) is 0 Å². The van der Waals surface area contributed by atoms with Crippen LogP contribution >= 0.6 is 0 Å². The molecule has 0 amide bonds. The standard InChI is InChI=1S/C15H9N2/c1-2-6-13-11(4-1)15-10-5-3-9-16-12(10)7-8-14(15)17-13/h1-3,5-9,16H. The summed E-state index contributed by atoms with van der Waals surface area (Å²) in [6.07, 6.45) is 1.94. The van der Waals surface area contributed by atoms with Crippen LogP contribution in [-0.2, 0) is 0 Å². The first kappa shape index (κ1) is 8.76. The van der Waals surface area contributed by atoms with Crippen LogP contribution in [0, 0.1) is 6.07 Å². The number of H-pyrrole nitrogens is 1. The quantitative estimate of drug-likeness (QED) is 0.478. The molecule has 0 aliphatic heterocycles. The van der Waals surface area contributed by atoms with Gasteiger partial charge in [-0.15, -0.1) is 0 Å². The summed E-state index contributed by atoms with van der Waals surface area (Å²) in [5.74, 6) is 0. The number of rotatable bonds is 0. The average molecular weight is 217 g/mol. The second kappa shape index (κ2) is 3.08. The van der Waals surface area contributed by atoms with Crippen molar-refractivity contribution in [3.8, 4) is 0 Å². The van der Waals surface area contributed by atoms with E-state index in [1.807, 2.05) is 30.5 Å². The second-order valence-corrected chi connectivity index (χ2v) is 4.13. The van der Waals surface area contributed by atoms with Crippen molar-refractivity contribution in [1.29, 1.82) is 0 Å². The van der Waals surface area contributed by atoms with E-state index < -0.39 is 0 Å². The third-order valence-corrected chi connectivity index (χ3v) is 3.15. The lowest BCUT2D eigenvalue weighted by atomic mass is 10.1. The largest absolute Gasteiger partial charge is 0.361 e. The number of nitrogens with one attached hydrogen (secondary N) is 1. The molecule has 1 radical (unpaired) electrons. The molecule has 0 atom stereocenters. The fourth-order valence-corrected chi connectivity index (χ4v) is 2.40. The van der Waals surface area contributed by atoms with Gasteiger partial charge >= 0.3 is 0 Å². The van der Waals surface area contributed by atoms with E-state index in [2.05, 4.69) is 34.2 Å². The lowest BCUT2D eigenvalue weighted by molar-refractivity contribution is 1.42. The Morgan fingerprint density at radius 3 is 3.00 bits per heavy atom. The van der Waals surface area contributed by atoms with E-state index in [-0.39, 0.29) is 0 Å². The summed E-state index contributed by atoms with van der Waals surface area (Å²) < 4.78 is 0. The van der Waals surface area contributed by atoms with Crippen molar-refractivity contribution in [2.45, 2.75) is 0 Å². The summed E-state index contributed by atoms with van der Waals surface area (Å²) in [4.78, 5) is 7.88. The van der Waals surface area contributed by atoms with E-state index in [0.717, 1.165) is 21.9 Å². The fourth-order valence-electron chi connectivity index (χ4n) is 2.40. The summed E-state index contributed by atoms with van der Waals surface area (Å²) in [7, 11) is 0. The zero-order chi connectivity index (χ0) is 11.2. The van der Waals surface area contributed by atoms with Crippen molar-refractivity contribution in [1.82, 2.24) is 9.97 Å². The SMILES string of the molecule is [c]1cccc2nc3ccc4[nH]cccc4c3c12. The van der Waals surface area contributed by atoms with Gasteiger partial charge in [0.05, 0.1) is 11.0 Å². The number of hydrogen-bond donors (Lipinski definition) is 1. The molecular weight excluding hydrogens is 208 g/mol. The molecule has 4 rings (SSSR count). The zero-order valence-corrected chi connectivity index (χ0v) is 9.07. The highest BCUT2D eigenvalue weighted by Crippen LogP contribution is 2.30. The molecule has 0 spiro atoms. The van der Waals surface area contributed by atoms with Crippen LogP contribution in [0.5, 0.6) is 0 Å². The van der Waals surface area contributed by atoms with E-state index >= 15 is 0 Å². The monoisotopic (exact) mass is 217 g/mol. The maximum absolute atomic E-state index is 4.62. The van der Waals surface area contributed by atoms with Crippen LogP contribution in [0.1, 0.15) is 0 Å². The van der Waals surface area contributed by atoms with Gasteiger partial charge in [0.2, 0.25) is 0 Å². The fraction of sp³-hybridized carbons (Fsp3) is 0. The molecular formula is C15H9N2. The Bertz CT molecular complexity index is 837. The van der Waals surface area contributed by atoms with Gasteiger partial charge in [-0.2, -0.15) is 0 Å². The van der Waals surface area contributed by atoms with E-state index in [1.165, 1.54) is 10.8 Å². The number of benzene rings is 2. The Hall–Kier alpha value is -2.35. The molecule has 2 aromatic heterocycles. The third kappa shape index (κ3) is 1.12. The highest BCUT2D eigenvalue weighted by atomic mass is 14.7. The minimum atomic E-state index is 1.01. The molecule has 0 saturated heterocycles. The van der Waals surface area contributed by atoms with Gasteiger partial charge in [0.1, 0.15) is 0 Å². The molecule has 2 nitrogen and oxygen atoms in total. The van der Waals surface area contributed by atoms with Crippen molar-refractivity contribution >= 4 is 32.7 Å². The molecule has 2 heteroatoms. The van der Waals surface area contributed by atoms with E-state index in [4.69, 9.17) is 0 Å². The molecule has 2 aromatic carbocycles. The van der Waals surface area contributed by atoms with Crippen LogP contribution in [0.25, 0.3) is 32.7 Å². The van der Waals surface area contributed by atoms with Gasteiger partial charge in [-0.05, 0) is 30.3 Å². The van der Waals surface area contributed by atoms with Crippen LogP contribution < -0.4 is 0 Å². The third-order valence-electron chi connectivity index (χ3n) is 3.15. The van der Waals surface area contributed by atoms with E-state index in [0.29, 0.717) is 0 Å². The molecule has 2 heterocycles. The van der Waals surface area contributed by atoms with Crippen molar-refractivity contribution in [3.05, 3.63) is 54.7 Å². The highest BCUT2D eigenvalue weighted by molar-refractivity contribution is 6.19. The van der Waals surface area contributed by atoms with Crippen LogP contribution in [0.2, 0.25) is 0 Å². The highest BCUT2D eigenvalue weighted by Gasteiger charge is 2.08. The number of aromatic amines is 1. The molecule has 0 unspecified atom stereocenters. The number of hydrogen-bond acceptors (Lipinski definition) is 1. The predicted molar refractivity (Wildman–Crippen MR) is 69.9 cm³/mol. The lowest BCUT2D eigenvalue weighted by Gasteiger charge is -1.99. The maximum atomic E-state index is 4.62. The van der Waals surface area contributed by atoms with Crippen LogP contribution in [0.15, 0.2) is 48.7 Å². The van der Waals surface area contributed by atoms with Gasteiger partial charge in [0, 0.05) is 27.9 Å². The molecule has 0 fully saturated rings. The number of aromatic nitrogens is 2. The number of fused-ring (bicyclic) bond motifs is 5. The Kier molecular flexibility index (Phi) is 1.59. The van der Waals surface area contributed by atoms with Crippen LogP contribution in [-0.4, -0.2) is 9.97 Å². The topological polar surface area (TPSA) is 28.7 Å². The van der Waals surface area contributed by atoms with Gasteiger partial charge in [-0.1, -0.05) is 18.2 Å². The molecule has 1 N–H and O–H groups in total. The van der Waals surface area contributed by atoms with Crippen molar-refractivity contribution in [3.63, 3.8) is 0 Å². The lowest BCUT2D eigenvalue weighted by Crippen LogP contribution is -1.78. The summed E-state index contributed by atoms with van der Waals surface area (Å²) in [5.41, 5.74) is 3.18. The molecule has 0 saturated carbocycles. The van der Waals surface area contributed by atoms with Crippen LogP contribution in [0.4, 0.5) is 0 Å². The molecule has 0 aliphatic rings.